The van der Waals surface area contributed by atoms with Gasteiger partial charge in [0.15, 0.2) is 5.96 Å². The smallest absolute Gasteiger partial charge is 0.191 e. The molecule has 0 aromatic heterocycles. The van der Waals surface area contributed by atoms with Crippen LogP contribution in [0.15, 0.2) is 29.3 Å². The van der Waals surface area contributed by atoms with Crippen LogP contribution in [0.3, 0.4) is 0 Å². The maximum absolute atomic E-state index is 9.39. The molecule has 146 valence electrons. The Labute approximate surface area is 158 Å². The van der Waals surface area contributed by atoms with E-state index >= 15 is 0 Å². The molecule has 1 unspecified atom stereocenters. The van der Waals surface area contributed by atoms with Gasteiger partial charge in [0.05, 0.1) is 13.2 Å². The summed E-state index contributed by atoms with van der Waals surface area (Å²) in [7, 11) is 0. The summed E-state index contributed by atoms with van der Waals surface area (Å²) in [6, 6.07) is 8.70. The lowest BCUT2D eigenvalue weighted by Gasteiger charge is -2.28. The predicted octanol–water partition coefficient (Wildman–Crippen LogP) is 2.62. The monoisotopic (exact) mass is 361 g/mol. The van der Waals surface area contributed by atoms with Gasteiger partial charge in [-0.3, -0.25) is 4.99 Å². The van der Waals surface area contributed by atoms with Crippen LogP contribution < -0.4 is 10.6 Å². The van der Waals surface area contributed by atoms with Gasteiger partial charge in [-0.15, -0.1) is 0 Å². The fourth-order valence-electron chi connectivity index (χ4n) is 3.30. The molecule has 0 bridgehead atoms. The van der Waals surface area contributed by atoms with Gasteiger partial charge in [0.2, 0.25) is 0 Å². The van der Waals surface area contributed by atoms with Gasteiger partial charge in [-0.2, -0.15) is 0 Å². The first-order valence-electron chi connectivity index (χ1n) is 9.69. The molecule has 1 atom stereocenters. The minimum atomic E-state index is -0.0324. The minimum absolute atomic E-state index is 0.0113. The molecular formula is C21H35N3O2. The third-order valence-corrected chi connectivity index (χ3v) is 5.27. The van der Waals surface area contributed by atoms with Gasteiger partial charge in [0.1, 0.15) is 0 Å². The van der Waals surface area contributed by atoms with E-state index in [0.717, 1.165) is 38.5 Å². The van der Waals surface area contributed by atoms with E-state index < -0.39 is 0 Å². The molecule has 0 amide bonds. The van der Waals surface area contributed by atoms with E-state index in [-0.39, 0.29) is 17.4 Å². The zero-order chi connectivity index (χ0) is 19.0. The number of rotatable bonds is 8. The summed E-state index contributed by atoms with van der Waals surface area (Å²) >= 11 is 0. The summed E-state index contributed by atoms with van der Waals surface area (Å²) in [4.78, 5) is 4.83. The molecule has 1 aliphatic heterocycles. The van der Waals surface area contributed by atoms with Crippen LogP contribution in [-0.4, -0.2) is 50.5 Å². The highest BCUT2D eigenvalue weighted by Crippen LogP contribution is 2.31. The summed E-state index contributed by atoms with van der Waals surface area (Å²) in [6.07, 6.45) is 1.74. The minimum Gasteiger partial charge on any atom is -0.396 e. The molecule has 3 N–H and O–H groups in total. The van der Waals surface area contributed by atoms with Gasteiger partial charge in [0.25, 0.3) is 0 Å². The molecule has 0 spiro atoms. The highest BCUT2D eigenvalue weighted by Gasteiger charge is 2.34. The SMILES string of the molecule is CCNC(=NCC(C)(C)c1ccc(C)cc1)NCC1(CCO)CCOC1. The average molecular weight is 362 g/mol. The van der Waals surface area contributed by atoms with Crippen molar-refractivity contribution < 1.29 is 9.84 Å². The fraction of sp³-hybridized carbons (Fsp3) is 0.667. The zero-order valence-corrected chi connectivity index (χ0v) is 16.8. The van der Waals surface area contributed by atoms with Crippen molar-refractivity contribution in [1.82, 2.24) is 10.6 Å². The number of hydrogen-bond donors (Lipinski definition) is 3. The molecule has 1 fully saturated rings. The highest BCUT2D eigenvalue weighted by molar-refractivity contribution is 5.79. The van der Waals surface area contributed by atoms with Crippen molar-refractivity contribution in [1.29, 1.82) is 0 Å². The van der Waals surface area contributed by atoms with Gasteiger partial charge in [0, 0.05) is 37.1 Å². The van der Waals surface area contributed by atoms with Crippen LogP contribution in [-0.2, 0) is 10.2 Å². The first-order chi connectivity index (χ1) is 12.4. The molecule has 0 saturated carbocycles. The number of aliphatic hydroxyl groups is 1. The molecule has 1 aliphatic rings. The topological polar surface area (TPSA) is 65.9 Å². The Hall–Kier alpha value is -1.59. The second-order valence-corrected chi connectivity index (χ2v) is 8.07. The van der Waals surface area contributed by atoms with Crippen LogP contribution in [0.4, 0.5) is 0 Å². The van der Waals surface area contributed by atoms with Gasteiger partial charge in [-0.25, -0.2) is 0 Å². The number of ether oxygens (including phenoxy) is 1. The van der Waals surface area contributed by atoms with Gasteiger partial charge in [-0.1, -0.05) is 43.7 Å². The van der Waals surface area contributed by atoms with Gasteiger partial charge < -0.3 is 20.5 Å². The molecule has 1 heterocycles. The summed E-state index contributed by atoms with van der Waals surface area (Å²) in [6.45, 7) is 12.6. The molecule has 26 heavy (non-hydrogen) atoms. The molecular weight excluding hydrogens is 326 g/mol. The molecule has 5 heteroatoms. The lowest BCUT2D eigenvalue weighted by molar-refractivity contribution is 0.127. The summed E-state index contributed by atoms with van der Waals surface area (Å²) < 4.78 is 5.58. The van der Waals surface area contributed by atoms with Crippen LogP contribution in [0.1, 0.15) is 44.7 Å². The molecule has 1 aromatic carbocycles. The number of aliphatic imine (C=N–C) groups is 1. The molecule has 5 nitrogen and oxygen atoms in total. The summed E-state index contributed by atoms with van der Waals surface area (Å²) in [5.41, 5.74) is 2.55. The number of nitrogens with one attached hydrogen (secondary N) is 2. The third-order valence-electron chi connectivity index (χ3n) is 5.27. The maximum Gasteiger partial charge on any atom is 0.191 e. The van der Waals surface area contributed by atoms with Crippen LogP contribution in [0.2, 0.25) is 0 Å². The number of aliphatic hydroxyl groups excluding tert-OH is 1. The molecule has 1 aromatic rings. The third kappa shape index (κ3) is 5.71. The van der Waals surface area contributed by atoms with E-state index in [0.29, 0.717) is 13.2 Å². The Morgan fingerprint density at radius 1 is 1.27 bits per heavy atom. The lowest BCUT2D eigenvalue weighted by Crippen LogP contribution is -2.45. The van der Waals surface area contributed by atoms with Crippen molar-refractivity contribution >= 4 is 5.96 Å². The van der Waals surface area contributed by atoms with Crippen molar-refractivity contribution in [3.05, 3.63) is 35.4 Å². The Bertz CT molecular complexity index is 575. The quantitative estimate of drug-likeness (QED) is 0.492. The number of aryl methyl sites for hydroxylation is 1. The van der Waals surface area contributed by atoms with Crippen LogP contribution >= 0.6 is 0 Å². The van der Waals surface area contributed by atoms with E-state index in [4.69, 9.17) is 9.73 Å². The Morgan fingerprint density at radius 3 is 2.58 bits per heavy atom. The largest absolute Gasteiger partial charge is 0.396 e. The standard InChI is InChI=1S/C21H35N3O2/c1-5-22-19(24-15-21(10-12-25)11-13-26-16-21)23-14-20(3,4)18-8-6-17(2)7-9-18/h6-9,25H,5,10-16H2,1-4H3,(H2,22,23,24). The maximum atomic E-state index is 9.39. The highest BCUT2D eigenvalue weighted by atomic mass is 16.5. The molecule has 2 rings (SSSR count). The number of guanidine groups is 1. The van der Waals surface area contributed by atoms with Gasteiger partial charge >= 0.3 is 0 Å². The fourth-order valence-corrected chi connectivity index (χ4v) is 3.30. The van der Waals surface area contributed by atoms with E-state index in [2.05, 4.69) is 62.6 Å². The first-order valence-corrected chi connectivity index (χ1v) is 9.69. The Morgan fingerprint density at radius 2 is 2.00 bits per heavy atom. The molecule has 0 radical (unpaired) electrons. The Balaban J connectivity index is 2.02. The van der Waals surface area contributed by atoms with Crippen LogP contribution in [0, 0.1) is 12.3 Å². The average Bonchev–Trinajstić information content (AvgIpc) is 3.07. The van der Waals surface area contributed by atoms with E-state index in [1.807, 2.05) is 0 Å². The summed E-state index contributed by atoms with van der Waals surface area (Å²) in [5.74, 6) is 0.830. The second kappa shape index (κ2) is 9.38. The second-order valence-electron chi connectivity index (χ2n) is 8.07. The number of hydrogen-bond acceptors (Lipinski definition) is 3. The van der Waals surface area contributed by atoms with Crippen LogP contribution in [0.25, 0.3) is 0 Å². The zero-order valence-electron chi connectivity index (χ0n) is 16.8. The van der Waals surface area contributed by atoms with E-state index in [1.165, 1.54) is 11.1 Å². The normalized spacial score (nSPS) is 21.0. The van der Waals surface area contributed by atoms with Crippen LogP contribution in [0.5, 0.6) is 0 Å². The van der Waals surface area contributed by atoms with Crippen molar-refractivity contribution in [2.45, 2.75) is 46.0 Å². The predicted molar refractivity (Wildman–Crippen MR) is 108 cm³/mol. The summed E-state index contributed by atoms with van der Waals surface area (Å²) in [5, 5.41) is 16.2. The van der Waals surface area contributed by atoms with Gasteiger partial charge in [-0.05, 0) is 32.3 Å². The Kier molecular flexibility index (Phi) is 7.47. The van der Waals surface area contributed by atoms with E-state index in [1.54, 1.807) is 0 Å². The van der Waals surface area contributed by atoms with Crippen molar-refractivity contribution in [3.63, 3.8) is 0 Å². The molecule has 0 aliphatic carbocycles. The lowest BCUT2D eigenvalue weighted by atomic mass is 9.84. The molecule has 1 saturated heterocycles. The first kappa shape index (κ1) is 20.7. The number of benzene rings is 1. The van der Waals surface area contributed by atoms with Crippen molar-refractivity contribution in [2.24, 2.45) is 10.4 Å². The number of nitrogens with zero attached hydrogens (tertiary/aromatic N) is 1. The van der Waals surface area contributed by atoms with Crippen molar-refractivity contribution in [3.8, 4) is 0 Å². The van der Waals surface area contributed by atoms with Crippen molar-refractivity contribution in [2.75, 3.05) is 39.5 Å². The van der Waals surface area contributed by atoms with E-state index in [9.17, 15) is 5.11 Å².